The molecular weight excluding hydrogens is 330 g/mol. The summed E-state index contributed by atoms with van der Waals surface area (Å²) in [6.07, 6.45) is 3.65. The molecule has 21 heavy (non-hydrogen) atoms. The summed E-state index contributed by atoms with van der Waals surface area (Å²) in [7, 11) is 0. The van der Waals surface area contributed by atoms with Gasteiger partial charge in [-0.05, 0) is 69.1 Å². The van der Waals surface area contributed by atoms with Crippen molar-refractivity contribution in [1.82, 2.24) is 14.7 Å². The molecule has 5 heteroatoms. The van der Waals surface area contributed by atoms with E-state index in [1.165, 1.54) is 12.8 Å². The standard InChI is InChI=1S/C16H28BrN3O/c1-5-12-15(17)13(20(6-2)18-12)11-14(21)16(3,4)19-9-7-8-10-19/h14,21H,5-11H2,1-4H3. The zero-order valence-corrected chi connectivity index (χ0v) is 15.3. The number of hydrogen-bond acceptors (Lipinski definition) is 3. The topological polar surface area (TPSA) is 41.3 Å². The first-order valence-electron chi connectivity index (χ1n) is 8.08. The molecule has 1 atom stereocenters. The molecule has 1 aromatic heterocycles. The van der Waals surface area contributed by atoms with Crippen LogP contribution in [0.15, 0.2) is 4.47 Å². The summed E-state index contributed by atoms with van der Waals surface area (Å²) in [5.41, 5.74) is 2.01. The number of halogens is 1. The molecule has 4 nitrogen and oxygen atoms in total. The van der Waals surface area contributed by atoms with Gasteiger partial charge in [0.25, 0.3) is 0 Å². The second-order valence-electron chi connectivity index (χ2n) is 6.44. The van der Waals surface area contributed by atoms with Crippen molar-refractivity contribution in [3.63, 3.8) is 0 Å². The van der Waals surface area contributed by atoms with E-state index >= 15 is 0 Å². The summed E-state index contributed by atoms with van der Waals surface area (Å²) < 4.78 is 3.09. The molecule has 2 rings (SSSR count). The van der Waals surface area contributed by atoms with Gasteiger partial charge in [0.05, 0.1) is 22.0 Å². The number of aryl methyl sites for hydroxylation is 2. The van der Waals surface area contributed by atoms with Gasteiger partial charge in [0, 0.05) is 18.5 Å². The Labute approximate surface area is 136 Å². The van der Waals surface area contributed by atoms with Gasteiger partial charge in [-0.15, -0.1) is 0 Å². The number of nitrogens with zero attached hydrogens (tertiary/aromatic N) is 3. The van der Waals surface area contributed by atoms with Gasteiger partial charge in [-0.2, -0.15) is 5.10 Å². The predicted octanol–water partition coefficient (Wildman–Crippen LogP) is 3.01. The summed E-state index contributed by atoms with van der Waals surface area (Å²) >= 11 is 3.67. The maximum Gasteiger partial charge on any atom is 0.0774 e. The quantitative estimate of drug-likeness (QED) is 0.850. The van der Waals surface area contributed by atoms with E-state index in [9.17, 15) is 5.11 Å². The maximum atomic E-state index is 10.8. The monoisotopic (exact) mass is 357 g/mol. The van der Waals surface area contributed by atoms with E-state index < -0.39 is 6.10 Å². The van der Waals surface area contributed by atoms with Crippen molar-refractivity contribution in [3.8, 4) is 0 Å². The molecule has 1 aliphatic rings. The van der Waals surface area contributed by atoms with Gasteiger partial charge < -0.3 is 5.11 Å². The highest BCUT2D eigenvalue weighted by molar-refractivity contribution is 9.10. The van der Waals surface area contributed by atoms with E-state index in [0.717, 1.165) is 41.9 Å². The Morgan fingerprint density at radius 3 is 2.43 bits per heavy atom. The van der Waals surface area contributed by atoms with Gasteiger partial charge in [0.2, 0.25) is 0 Å². The van der Waals surface area contributed by atoms with E-state index in [4.69, 9.17) is 0 Å². The molecule has 0 radical (unpaired) electrons. The first-order chi connectivity index (χ1) is 9.91. The van der Waals surface area contributed by atoms with Crippen LogP contribution in [-0.4, -0.2) is 44.5 Å². The van der Waals surface area contributed by atoms with Crippen molar-refractivity contribution < 1.29 is 5.11 Å². The number of rotatable bonds is 6. The van der Waals surface area contributed by atoms with Crippen LogP contribution in [0, 0.1) is 0 Å². The lowest BCUT2D eigenvalue weighted by atomic mass is 9.91. The molecule has 1 aliphatic heterocycles. The Morgan fingerprint density at radius 1 is 1.29 bits per heavy atom. The molecule has 0 aromatic carbocycles. The van der Waals surface area contributed by atoms with E-state index in [1.54, 1.807) is 0 Å². The molecule has 1 N–H and O–H groups in total. The Bertz CT molecular complexity index is 478. The lowest BCUT2D eigenvalue weighted by molar-refractivity contribution is 0.00221. The summed E-state index contributed by atoms with van der Waals surface area (Å²) in [6, 6.07) is 0. The first-order valence-corrected chi connectivity index (χ1v) is 8.88. The van der Waals surface area contributed by atoms with Crippen molar-refractivity contribution in [2.75, 3.05) is 13.1 Å². The van der Waals surface area contributed by atoms with Gasteiger partial charge in [-0.1, -0.05) is 6.92 Å². The third kappa shape index (κ3) is 3.35. The fourth-order valence-corrected chi connectivity index (χ4v) is 3.88. The van der Waals surface area contributed by atoms with Gasteiger partial charge in [0.1, 0.15) is 0 Å². The molecule has 2 heterocycles. The fraction of sp³-hybridized carbons (Fsp3) is 0.812. The van der Waals surface area contributed by atoms with E-state index in [2.05, 4.69) is 53.6 Å². The van der Waals surface area contributed by atoms with Crippen LogP contribution in [0.5, 0.6) is 0 Å². The Morgan fingerprint density at radius 2 is 1.90 bits per heavy atom. The third-order valence-corrected chi connectivity index (χ3v) is 5.73. The van der Waals surface area contributed by atoms with Gasteiger partial charge >= 0.3 is 0 Å². The molecule has 0 bridgehead atoms. The summed E-state index contributed by atoms with van der Waals surface area (Å²) in [5, 5.41) is 15.4. The highest BCUT2D eigenvalue weighted by Gasteiger charge is 2.36. The molecule has 0 saturated carbocycles. The van der Waals surface area contributed by atoms with Crippen LogP contribution in [0.4, 0.5) is 0 Å². The number of hydrogen-bond donors (Lipinski definition) is 1. The lowest BCUT2D eigenvalue weighted by Crippen LogP contribution is -2.52. The minimum atomic E-state index is -0.390. The molecular formula is C16H28BrN3O. The summed E-state index contributed by atoms with van der Waals surface area (Å²) in [4.78, 5) is 2.42. The van der Waals surface area contributed by atoms with Crippen molar-refractivity contribution in [3.05, 3.63) is 15.9 Å². The highest BCUT2D eigenvalue weighted by Crippen LogP contribution is 2.29. The van der Waals surface area contributed by atoms with Crippen LogP contribution in [0.2, 0.25) is 0 Å². The first kappa shape index (κ1) is 17.0. The fourth-order valence-electron chi connectivity index (χ4n) is 3.15. The SMILES string of the molecule is CCc1nn(CC)c(CC(O)C(C)(C)N2CCCC2)c1Br. The third-order valence-electron chi connectivity index (χ3n) is 4.82. The predicted molar refractivity (Wildman–Crippen MR) is 89.6 cm³/mol. The average Bonchev–Trinajstić information content (AvgIpc) is 3.08. The Balaban J connectivity index is 2.18. The minimum absolute atomic E-state index is 0.189. The second-order valence-corrected chi connectivity index (χ2v) is 7.24. The lowest BCUT2D eigenvalue weighted by Gasteiger charge is -2.39. The van der Waals surface area contributed by atoms with E-state index in [1.807, 2.05) is 4.68 Å². The molecule has 0 spiro atoms. The highest BCUT2D eigenvalue weighted by atomic mass is 79.9. The van der Waals surface area contributed by atoms with Crippen molar-refractivity contribution in [2.24, 2.45) is 0 Å². The molecule has 1 saturated heterocycles. The average molecular weight is 358 g/mol. The van der Waals surface area contributed by atoms with E-state index in [-0.39, 0.29) is 5.54 Å². The number of aliphatic hydroxyl groups is 1. The molecule has 1 aromatic rings. The van der Waals surface area contributed by atoms with Crippen LogP contribution in [0.3, 0.4) is 0 Å². The molecule has 1 unspecified atom stereocenters. The van der Waals surface area contributed by atoms with E-state index in [0.29, 0.717) is 6.42 Å². The molecule has 120 valence electrons. The van der Waals surface area contributed by atoms with Crippen molar-refractivity contribution in [2.45, 2.75) is 71.6 Å². The van der Waals surface area contributed by atoms with Crippen LogP contribution < -0.4 is 0 Å². The number of likely N-dealkylation sites (tertiary alicyclic amines) is 1. The second kappa shape index (κ2) is 6.80. The van der Waals surface area contributed by atoms with Crippen molar-refractivity contribution in [1.29, 1.82) is 0 Å². The summed E-state index contributed by atoms with van der Waals surface area (Å²) in [6.45, 7) is 11.6. The Hall–Kier alpha value is -0.390. The summed E-state index contributed by atoms with van der Waals surface area (Å²) in [5.74, 6) is 0. The number of aromatic nitrogens is 2. The van der Waals surface area contributed by atoms with Gasteiger partial charge in [-0.3, -0.25) is 9.58 Å². The minimum Gasteiger partial charge on any atom is -0.391 e. The normalized spacial score (nSPS) is 18.4. The van der Waals surface area contributed by atoms with Crippen LogP contribution >= 0.6 is 15.9 Å². The van der Waals surface area contributed by atoms with Gasteiger partial charge in [-0.25, -0.2) is 0 Å². The maximum absolute atomic E-state index is 10.8. The van der Waals surface area contributed by atoms with Gasteiger partial charge in [0.15, 0.2) is 0 Å². The zero-order valence-electron chi connectivity index (χ0n) is 13.7. The van der Waals surface area contributed by atoms with Crippen LogP contribution in [0.25, 0.3) is 0 Å². The smallest absolute Gasteiger partial charge is 0.0774 e. The number of aliphatic hydroxyl groups excluding tert-OH is 1. The Kier molecular flexibility index (Phi) is 5.49. The molecule has 0 amide bonds. The van der Waals surface area contributed by atoms with Crippen LogP contribution in [0.1, 0.15) is 51.9 Å². The van der Waals surface area contributed by atoms with Crippen molar-refractivity contribution >= 4 is 15.9 Å². The largest absolute Gasteiger partial charge is 0.391 e. The molecule has 1 fully saturated rings. The molecule has 0 aliphatic carbocycles. The van der Waals surface area contributed by atoms with Crippen LogP contribution in [-0.2, 0) is 19.4 Å². The zero-order chi connectivity index (χ0) is 15.6.